The topological polar surface area (TPSA) is 66.4 Å². The van der Waals surface area contributed by atoms with Gasteiger partial charge in [0, 0.05) is 6.04 Å². The highest BCUT2D eigenvalue weighted by atomic mass is 32.2. The van der Waals surface area contributed by atoms with Gasteiger partial charge in [0.25, 0.3) is 0 Å². The van der Waals surface area contributed by atoms with Crippen LogP contribution in [0.4, 0.5) is 0 Å². The molecule has 14 heavy (non-hydrogen) atoms. The van der Waals surface area contributed by atoms with Crippen LogP contribution in [0.15, 0.2) is 0 Å². The van der Waals surface area contributed by atoms with E-state index in [0.717, 1.165) is 12.8 Å². The zero-order chi connectivity index (χ0) is 11.2. The highest BCUT2D eigenvalue weighted by Gasteiger charge is 2.19. The number of hydrogen-bond acceptors (Lipinski definition) is 3. The summed E-state index contributed by atoms with van der Waals surface area (Å²) < 4.78 is 25.2. The Bertz CT molecular complexity index is 234. The van der Waals surface area contributed by atoms with E-state index in [1.54, 1.807) is 0 Å². The van der Waals surface area contributed by atoms with Gasteiger partial charge in [0.1, 0.15) is 0 Å². The van der Waals surface area contributed by atoms with Crippen LogP contribution in [0.2, 0.25) is 0 Å². The molecule has 0 saturated carbocycles. The number of aliphatic hydroxyl groups is 1. The molecule has 86 valence electrons. The summed E-state index contributed by atoms with van der Waals surface area (Å²) in [5, 5.41) is 8.55. The minimum atomic E-state index is -3.30. The first kappa shape index (κ1) is 13.9. The fourth-order valence-corrected chi connectivity index (χ4v) is 2.67. The smallest absolute Gasteiger partial charge is 0.214 e. The molecule has 0 heterocycles. The lowest BCUT2D eigenvalue weighted by molar-refractivity contribution is 0.317. The van der Waals surface area contributed by atoms with E-state index < -0.39 is 10.0 Å². The molecule has 0 aliphatic heterocycles. The van der Waals surface area contributed by atoms with Crippen molar-refractivity contribution in [3.05, 3.63) is 0 Å². The Morgan fingerprint density at radius 1 is 1.29 bits per heavy atom. The van der Waals surface area contributed by atoms with E-state index in [-0.39, 0.29) is 18.4 Å². The van der Waals surface area contributed by atoms with Crippen LogP contribution in [0.25, 0.3) is 0 Å². The second-order valence-electron chi connectivity index (χ2n) is 3.53. The SMILES string of the molecule is CCC(CC)C(C)NS(=O)(=O)CCO. The predicted octanol–water partition coefficient (Wildman–Crippen LogP) is 0.723. The molecule has 1 atom stereocenters. The molecular formula is C9H21NO3S. The van der Waals surface area contributed by atoms with Crippen LogP contribution in [0.3, 0.4) is 0 Å². The zero-order valence-electron chi connectivity index (χ0n) is 9.16. The van der Waals surface area contributed by atoms with Crippen molar-refractivity contribution in [2.75, 3.05) is 12.4 Å². The van der Waals surface area contributed by atoms with Gasteiger partial charge in [-0.15, -0.1) is 0 Å². The molecule has 0 saturated heterocycles. The lowest BCUT2D eigenvalue weighted by Crippen LogP contribution is -2.39. The summed E-state index contributed by atoms with van der Waals surface area (Å²) in [5.41, 5.74) is 0. The average Bonchev–Trinajstić information content (AvgIpc) is 2.04. The van der Waals surface area contributed by atoms with Crippen molar-refractivity contribution < 1.29 is 13.5 Å². The first-order valence-electron chi connectivity index (χ1n) is 5.07. The van der Waals surface area contributed by atoms with E-state index in [0.29, 0.717) is 5.92 Å². The van der Waals surface area contributed by atoms with Crippen molar-refractivity contribution in [1.82, 2.24) is 4.72 Å². The molecule has 0 radical (unpaired) electrons. The first-order valence-corrected chi connectivity index (χ1v) is 6.72. The van der Waals surface area contributed by atoms with Gasteiger partial charge in [0.2, 0.25) is 10.0 Å². The quantitative estimate of drug-likeness (QED) is 0.668. The van der Waals surface area contributed by atoms with Crippen LogP contribution in [0.5, 0.6) is 0 Å². The van der Waals surface area contributed by atoms with Crippen molar-refractivity contribution in [1.29, 1.82) is 0 Å². The van der Waals surface area contributed by atoms with Crippen LogP contribution < -0.4 is 4.72 Å². The molecule has 1 unspecified atom stereocenters. The lowest BCUT2D eigenvalue weighted by atomic mass is 9.96. The van der Waals surface area contributed by atoms with Crippen molar-refractivity contribution in [2.24, 2.45) is 5.92 Å². The summed E-state index contributed by atoms with van der Waals surface area (Å²) in [5.74, 6) is 0.153. The molecule has 0 aromatic carbocycles. The van der Waals surface area contributed by atoms with Gasteiger partial charge in [0.05, 0.1) is 12.4 Å². The van der Waals surface area contributed by atoms with Gasteiger partial charge < -0.3 is 5.11 Å². The minimum Gasteiger partial charge on any atom is -0.395 e. The Labute approximate surface area is 86.8 Å². The summed E-state index contributed by atoms with van der Waals surface area (Å²) in [6.07, 6.45) is 1.92. The summed E-state index contributed by atoms with van der Waals surface area (Å²) in [4.78, 5) is 0. The highest BCUT2D eigenvalue weighted by Crippen LogP contribution is 2.13. The average molecular weight is 223 g/mol. The summed E-state index contributed by atoms with van der Waals surface area (Å²) in [6, 6.07) is -0.0541. The zero-order valence-corrected chi connectivity index (χ0v) is 9.97. The van der Waals surface area contributed by atoms with Gasteiger partial charge in [-0.2, -0.15) is 0 Å². The molecule has 0 amide bonds. The minimum absolute atomic E-state index is 0.0541. The van der Waals surface area contributed by atoms with Crippen LogP contribution in [-0.4, -0.2) is 31.9 Å². The molecule has 0 spiro atoms. The number of aliphatic hydroxyl groups excluding tert-OH is 1. The number of hydrogen-bond donors (Lipinski definition) is 2. The highest BCUT2D eigenvalue weighted by molar-refractivity contribution is 7.89. The van der Waals surface area contributed by atoms with Gasteiger partial charge in [0.15, 0.2) is 0 Å². The monoisotopic (exact) mass is 223 g/mol. The van der Waals surface area contributed by atoms with E-state index in [1.165, 1.54) is 0 Å². The number of rotatable bonds is 7. The van der Waals surface area contributed by atoms with Gasteiger partial charge in [-0.05, 0) is 12.8 Å². The molecule has 5 heteroatoms. The molecule has 0 bridgehead atoms. The maximum Gasteiger partial charge on any atom is 0.214 e. The van der Waals surface area contributed by atoms with E-state index in [9.17, 15) is 8.42 Å². The largest absolute Gasteiger partial charge is 0.395 e. The van der Waals surface area contributed by atoms with E-state index in [4.69, 9.17) is 5.11 Å². The van der Waals surface area contributed by atoms with E-state index >= 15 is 0 Å². The lowest BCUT2D eigenvalue weighted by Gasteiger charge is -2.22. The van der Waals surface area contributed by atoms with Crippen molar-refractivity contribution >= 4 is 10.0 Å². The summed E-state index contributed by atoms with van der Waals surface area (Å²) in [7, 11) is -3.30. The normalized spacial score (nSPS) is 14.6. The Morgan fingerprint density at radius 3 is 2.14 bits per heavy atom. The number of nitrogens with one attached hydrogen (secondary N) is 1. The Kier molecular flexibility index (Phi) is 6.31. The van der Waals surface area contributed by atoms with Crippen LogP contribution in [-0.2, 0) is 10.0 Å². The second kappa shape index (κ2) is 6.37. The van der Waals surface area contributed by atoms with E-state index in [1.807, 2.05) is 20.8 Å². The first-order chi connectivity index (χ1) is 6.46. The standard InChI is InChI=1S/C9H21NO3S/c1-4-9(5-2)8(3)10-14(12,13)7-6-11/h8-11H,4-7H2,1-3H3. The van der Waals surface area contributed by atoms with Crippen LogP contribution >= 0.6 is 0 Å². The molecule has 0 aromatic heterocycles. The maximum atomic E-state index is 11.3. The molecule has 0 rings (SSSR count). The van der Waals surface area contributed by atoms with Gasteiger partial charge >= 0.3 is 0 Å². The van der Waals surface area contributed by atoms with Crippen molar-refractivity contribution in [2.45, 2.75) is 39.7 Å². The van der Waals surface area contributed by atoms with Crippen molar-refractivity contribution in [3.63, 3.8) is 0 Å². The number of sulfonamides is 1. The van der Waals surface area contributed by atoms with Gasteiger partial charge in [-0.25, -0.2) is 13.1 Å². The van der Waals surface area contributed by atoms with Crippen molar-refractivity contribution in [3.8, 4) is 0 Å². The van der Waals surface area contributed by atoms with Crippen LogP contribution in [0, 0.1) is 5.92 Å². The van der Waals surface area contributed by atoms with Gasteiger partial charge in [-0.3, -0.25) is 0 Å². The maximum absolute atomic E-state index is 11.3. The fraction of sp³-hybridized carbons (Fsp3) is 1.00. The third kappa shape index (κ3) is 4.93. The third-order valence-electron chi connectivity index (χ3n) is 2.48. The second-order valence-corrected chi connectivity index (χ2v) is 5.40. The molecule has 0 aliphatic carbocycles. The molecule has 0 fully saturated rings. The molecule has 0 aromatic rings. The summed E-state index contributed by atoms with van der Waals surface area (Å²) in [6.45, 7) is 5.63. The fourth-order valence-electron chi connectivity index (χ4n) is 1.55. The van der Waals surface area contributed by atoms with Crippen LogP contribution in [0.1, 0.15) is 33.6 Å². The molecular weight excluding hydrogens is 202 g/mol. The molecule has 2 N–H and O–H groups in total. The molecule has 4 nitrogen and oxygen atoms in total. The van der Waals surface area contributed by atoms with E-state index in [2.05, 4.69) is 4.72 Å². The third-order valence-corrected chi connectivity index (χ3v) is 3.93. The Morgan fingerprint density at radius 2 is 1.79 bits per heavy atom. The predicted molar refractivity (Wildman–Crippen MR) is 57.5 cm³/mol. The van der Waals surface area contributed by atoms with Gasteiger partial charge in [-0.1, -0.05) is 26.7 Å². The Hall–Kier alpha value is -0.130. The molecule has 0 aliphatic rings. The summed E-state index contributed by atoms with van der Waals surface area (Å²) >= 11 is 0. The Balaban J connectivity index is 4.22.